The van der Waals surface area contributed by atoms with Gasteiger partial charge in [0.15, 0.2) is 0 Å². The van der Waals surface area contributed by atoms with Crippen LogP contribution in [0.4, 0.5) is 4.79 Å². The van der Waals surface area contributed by atoms with Crippen molar-refractivity contribution < 1.29 is 14.6 Å². The molecule has 0 spiro atoms. The minimum atomic E-state index is -0.498. The number of carbonyl (C=O) groups is 1. The van der Waals surface area contributed by atoms with E-state index < -0.39 is 5.60 Å². The average molecular weight is 244 g/mol. The zero-order valence-electron chi connectivity index (χ0n) is 11.0. The molecule has 1 aliphatic rings. The summed E-state index contributed by atoms with van der Waals surface area (Å²) in [5, 5.41) is 9.12. The van der Waals surface area contributed by atoms with E-state index in [1.54, 1.807) is 4.90 Å². The molecule has 3 N–H and O–H groups in total. The van der Waals surface area contributed by atoms with Gasteiger partial charge in [0.1, 0.15) is 5.60 Å². The molecule has 0 aromatic heterocycles. The summed E-state index contributed by atoms with van der Waals surface area (Å²) in [6, 6.07) is -0.494. The Bertz CT molecular complexity index is 263. The molecule has 1 aliphatic heterocycles. The summed E-state index contributed by atoms with van der Waals surface area (Å²) < 4.78 is 5.35. The Labute approximate surface area is 103 Å². The van der Waals surface area contributed by atoms with Gasteiger partial charge in [0.2, 0.25) is 0 Å². The van der Waals surface area contributed by atoms with Crippen molar-refractivity contribution >= 4 is 6.09 Å². The fourth-order valence-corrected chi connectivity index (χ4v) is 2.07. The molecule has 2 atom stereocenters. The predicted octanol–water partition coefficient (Wildman–Crippen LogP) is 1.10. The third-order valence-electron chi connectivity index (χ3n) is 2.88. The molecular weight excluding hydrogens is 220 g/mol. The maximum atomic E-state index is 12.0. The second-order valence-electron chi connectivity index (χ2n) is 5.58. The van der Waals surface area contributed by atoms with Crippen LogP contribution in [0.5, 0.6) is 0 Å². The molecule has 1 heterocycles. The van der Waals surface area contributed by atoms with E-state index in [1.165, 1.54) is 0 Å². The number of aliphatic hydroxyl groups is 1. The van der Waals surface area contributed by atoms with Crippen LogP contribution in [0, 0.1) is 0 Å². The van der Waals surface area contributed by atoms with E-state index in [-0.39, 0.29) is 24.8 Å². The number of rotatable bonds is 2. The van der Waals surface area contributed by atoms with Crippen LogP contribution in [0.2, 0.25) is 0 Å². The lowest BCUT2D eigenvalue weighted by atomic mass is 9.97. The van der Waals surface area contributed by atoms with Crippen LogP contribution in [0.25, 0.3) is 0 Å². The zero-order chi connectivity index (χ0) is 13.1. The van der Waals surface area contributed by atoms with Gasteiger partial charge in [0.25, 0.3) is 0 Å². The second kappa shape index (κ2) is 5.69. The summed E-state index contributed by atoms with van der Waals surface area (Å²) >= 11 is 0. The largest absolute Gasteiger partial charge is 0.444 e. The fraction of sp³-hybridized carbons (Fsp3) is 0.917. The van der Waals surface area contributed by atoms with Gasteiger partial charge in [0, 0.05) is 12.6 Å². The molecule has 1 amide bonds. The van der Waals surface area contributed by atoms with Gasteiger partial charge in [-0.15, -0.1) is 0 Å². The van der Waals surface area contributed by atoms with Crippen molar-refractivity contribution in [1.82, 2.24) is 4.90 Å². The Morgan fingerprint density at radius 3 is 2.71 bits per heavy atom. The maximum Gasteiger partial charge on any atom is 0.410 e. The molecule has 1 rings (SSSR count). The Balaban J connectivity index is 2.67. The molecule has 0 aromatic carbocycles. The smallest absolute Gasteiger partial charge is 0.410 e. The molecule has 0 aliphatic carbocycles. The molecule has 100 valence electrons. The molecule has 0 aromatic rings. The highest BCUT2D eigenvalue weighted by Crippen LogP contribution is 2.21. The lowest BCUT2D eigenvalue weighted by molar-refractivity contribution is 0.00395. The summed E-state index contributed by atoms with van der Waals surface area (Å²) in [6.45, 7) is 6.08. The third-order valence-corrected chi connectivity index (χ3v) is 2.88. The molecule has 0 bridgehead atoms. The Kier molecular flexibility index (Phi) is 4.77. The summed E-state index contributed by atoms with van der Waals surface area (Å²) in [5.41, 5.74) is 5.34. The van der Waals surface area contributed by atoms with Gasteiger partial charge in [-0.05, 0) is 40.0 Å². The topological polar surface area (TPSA) is 75.8 Å². The van der Waals surface area contributed by atoms with Gasteiger partial charge in [-0.3, -0.25) is 0 Å². The van der Waals surface area contributed by atoms with Crippen LogP contribution in [-0.4, -0.2) is 46.9 Å². The quantitative estimate of drug-likeness (QED) is 0.762. The number of hydrogen-bond acceptors (Lipinski definition) is 4. The number of likely N-dealkylation sites (tertiary alicyclic amines) is 1. The Morgan fingerprint density at radius 2 is 2.18 bits per heavy atom. The summed E-state index contributed by atoms with van der Waals surface area (Å²) in [7, 11) is 0. The summed E-state index contributed by atoms with van der Waals surface area (Å²) in [6.07, 6.45) is 2.51. The molecule has 1 unspecified atom stereocenters. The fourth-order valence-electron chi connectivity index (χ4n) is 2.07. The number of ether oxygens (including phenoxy) is 1. The van der Waals surface area contributed by atoms with Crippen LogP contribution < -0.4 is 5.73 Å². The predicted molar refractivity (Wildman–Crippen MR) is 65.6 cm³/mol. The van der Waals surface area contributed by atoms with Crippen LogP contribution >= 0.6 is 0 Å². The van der Waals surface area contributed by atoms with E-state index in [2.05, 4.69) is 0 Å². The van der Waals surface area contributed by atoms with E-state index in [0.717, 1.165) is 19.3 Å². The first-order chi connectivity index (χ1) is 7.85. The van der Waals surface area contributed by atoms with Crippen LogP contribution in [0.15, 0.2) is 0 Å². The molecule has 17 heavy (non-hydrogen) atoms. The molecule has 5 heteroatoms. The van der Waals surface area contributed by atoms with Crippen LogP contribution in [0.1, 0.15) is 40.0 Å². The van der Waals surface area contributed by atoms with Crippen molar-refractivity contribution in [3.05, 3.63) is 0 Å². The lowest BCUT2D eigenvalue weighted by Crippen LogP contribution is -2.55. The number of nitrogens with two attached hydrogens (primary N) is 1. The number of hydrogen-bond donors (Lipinski definition) is 2. The average Bonchev–Trinajstić information content (AvgIpc) is 2.25. The highest BCUT2D eigenvalue weighted by atomic mass is 16.6. The van der Waals surface area contributed by atoms with Crippen LogP contribution in [0.3, 0.4) is 0 Å². The third kappa shape index (κ3) is 4.16. The standard InChI is InChI=1S/C12H24N2O3/c1-12(2,3)17-11(16)14-7-5-4-6-10(14)9(13)8-15/h9-10,15H,4-8,13H2,1-3H3/t9-,10?/m0/s1. The van der Waals surface area contributed by atoms with E-state index in [4.69, 9.17) is 15.6 Å². The number of carbonyl (C=O) groups excluding carboxylic acids is 1. The van der Waals surface area contributed by atoms with E-state index in [9.17, 15) is 4.79 Å². The molecule has 0 radical (unpaired) electrons. The molecule has 1 saturated heterocycles. The Morgan fingerprint density at radius 1 is 1.53 bits per heavy atom. The minimum absolute atomic E-state index is 0.107. The summed E-state index contributed by atoms with van der Waals surface area (Å²) in [4.78, 5) is 13.7. The van der Waals surface area contributed by atoms with E-state index >= 15 is 0 Å². The van der Waals surface area contributed by atoms with Crippen LogP contribution in [-0.2, 0) is 4.74 Å². The van der Waals surface area contributed by atoms with Crippen molar-refractivity contribution in [3.63, 3.8) is 0 Å². The van der Waals surface area contributed by atoms with Crippen molar-refractivity contribution in [2.45, 2.75) is 57.7 Å². The second-order valence-corrected chi connectivity index (χ2v) is 5.58. The zero-order valence-corrected chi connectivity index (χ0v) is 11.0. The van der Waals surface area contributed by atoms with Gasteiger partial charge in [-0.1, -0.05) is 0 Å². The number of aliphatic hydroxyl groups excluding tert-OH is 1. The molecule has 1 fully saturated rings. The number of piperidine rings is 1. The number of nitrogens with zero attached hydrogens (tertiary/aromatic N) is 1. The van der Waals surface area contributed by atoms with Crippen molar-refractivity contribution in [2.24, 2.45) is 5.73 Å². The molecule has 5 nitrogen and oxygen atoms in total. The first-order valence-corrected chi connectivity index (χ1v) is 6.21. The van der Waals surface area contributed by atoms with E-state index in [1.807, 2.05) is 20.8 Å². The minimum Gasteiger partial charge on any atom is -0.444 e. The SMILES string of the molecule is CC(C)(C)OC(=O)N1CCCCC1[C@@H](N)CO. The molecular formula is C12H24N2O3. The lowest BCUT2D eigenvalue weighted by Gasteiger charge is -2.39. The van der Waals surface area contributed by atoms with Gasteiger partial charge in [-0.25, -0.2) is 4.79 Å². The number of amides is 1. The molecule has 0 saturated carbocycles. The first kappa shape index (κ1) is 14.3. The van der Waals surface area contributed by atoms with E-state index in [0.29, 0.717) is 6.54 Å². The van der Waals surface area contributed by atoms with Crippen molar-refractivity contribution in [3.8, 4) is 0 Å². The van der Waals surface area contributed by atoms with Gasteiger partial charge >= 0.3 is 6.09 Å². The maximum absolute atomic E-state index is 12.0. The first-order valence-electron chi connectivity index (χ1n) is 6.21. The van der Waals surface area contributed by atoms with Gasteiger partial charge < -0.3 is 20.5 Å². The summed E-state index contributed by atoms with van der Waals surface area (Å²) in [5.74, 6) is 0. The monoisotopic (exact) mass is 244 g/mol. The van der Waals surface area contributed by atoms with Crippen molar-refractivity contribution in [2.75, 3.05) is 13.2 Å². The highest BCUT2D eigenvalue weighted by molar-refractivity contribution is 5.68. The van der Waals surface area contributed by atoms with Crippen molar-refractivity contribution in [1.29, 1.82) is 0 Å². The Hall–Kier alpha value is -0.810. The van der Waals surface area contributed by atoms with Gasteiger partial charge in [-0.2, -0.15) is 0 Å². The van der Waals surface area contributed by atoms with Gasteiger partial charge in [0.05, 0.1) is 12.6 Å². The normalized spacial score (nSPS) is 23.4. The highest BCUT2D eigenvalue weighted by Gasteiger charge is 2.33.